The molecule has 3 N–H and O–H groups in total. The third kappa shape index (κ3) is 4.32. The van der Waals surface area contributed by atoms with Crippen LogP contribution in [0, 0.1) is 0 Å². The smallest absolute Gasteiger partial charge is 0.356 e. The predicted molar refractivity (Wildman–Crippen MR) is 69.4 cm³/mol. The normalized spacial score (nSPS) is 18.7. The fourth-order valence-corrected chi connectivity index (χ4v) is 1.95. The van der Waals surface area contributed by atoms with Gasteiger partial charge >= 0.3 is 5.97 Å². The van der Waals surface area contributed by atoms with E-state index in [0.29, 0.717) is 32.7 Å². The van der Waals surface area contributed by atoms with Gasteiger partial charge in [-0.25, -0.2) is 9.78 Å². The van der Waals surface area contributed by atoms with Crippen LogP contribution in [-0.2, 0) is 16.1 Å². The molecule has 1 atom stereocenters. The molecule has 1 saturated heterocycles. The number of aromatic carboxylic acids is 1. The summed E-state index contributed by atoms with van der Waals surface area (Å²) >= 11 is 0. The Morgan fingerprint density at radius 1 is 1.60 bits per heavy atom. The highest BCUT2D eigenvalue weighted by Crippen LogP contribution is 2.01. The molecule has 2 heterocycles. The van der Waals surface area contributed by atoms with Gasteiger partial charge in [0.1, 0.15) is 0 Å². The van der Waals surface area contributed by atoms with Crippen LogP contribution in [0.25, 0.3) is 0 Å². The van der Waals surface area contributed by atoms with Crippen molar-refractivity contribution in [3.05, 3.63) is 18.2 Å². The van der Waals surface area contributed by atoms with Crippen LogP contribution in [0.1, 0.15) is 16.9 Å². The van der Waals surface area contributed by atoms with E-state index in [4.69, 9.17) is 9.84 Å². The van der Waals surface area contributed by atoms with Gasteiger partial charge in [-0.3, -0.25) is 4.79 Å². The number of aromatic nitrogens is 2. The lowest BCUT2D eigenvalue weighted by Crippen LogP contribution is -2.41. The number of carboxylic acids is 1. The highest BCUT2D eigenvalue weighted by atomic mass is 16.5. The van der Waals surface area contributed by atoms with Crippen LogP contribution in [-0.4, -0.2) is 58.9 Å². The van der Waals surface area contributed by atoms with Gasteiger partial charge in [0.25, 0.3) is 0 Å². The number of ether oxygens (including phenoxy) is 1. The summed E-state index contributed by atoms with van der Waals surface area (Å²) in [6.07, 6.45) is 3.12. The maximum atomic E-state index is 11.7. The van der Waals surface area contributed by atoms with Crippen molar-refractivity contribution in [3.8, 4) is 0 Å². The van der Waals surface area contributed by atoms with Crippen molar-refractivity contribution in [2.24, 2.45) is 0 Å². The van der Waals surface area contributed by atoms with E-state index in [1.807, 2.05) is 0 Å². The Bertz CT molecular complexity index is 468. The van der Waals surface area contributed by atoms with Crippen LogP contribution in [0.5, 0.6) is 0 Å². The first-order chi connectivity index (χ1) is 9.65. The van der Waals surface area contributed by atoms with E-state index in [9.17, 15) is 9.59 Å². The fraction of sp³-hybridized carbons (Fsp3) is 0.583. The van der Waals surface area contributed by atoms with Gasteiger partial charge in [0.2, 0.25) is 5.91 Å². The largest absolute Gasteiger partial charge is 0.476 e. The Labute approximate surface area is 116 Å². The zero-order chi connectivity index (χ0) is 14.4. The van der Waals surface area contributed by atoms with Gasteiger partial charge in [-0.15, -0.1) is 0 Å². The van der Waals surface area contributed by atoms with Crippen LogP contribution in [0.2, 0.25) is 0 Å². The molecular formula is C12H18N4O4. The van der Waals surface area contributed by atoms with Crippen LogP contribution in [0.4, 0.5) is 0 Å². The molecule has 8 nitrogen and oxygen atoms in total. The van der Waals surface area contributed by atoms with Crippen molar-refractivity contribution in [3.63, 3.8) is 0 Å². The Balaban J connectivity index is 1.66. The molecule has 1 aliphatic rings. The quantitative estimate of drug-likeness (QED) is 0.623. The number of carbonyl (C=O) groups is 2. The van der Waals surface area contributed by atoms with Crippen molar-refractivity contribution in [2.45, 2.75) is 19.1 Å². The van der Waals surface area contributed by atoms with E-state index in [1.165, 1.54) is 12.5 Å². The van der Waals surface area contributed by atoms with Gasteiger partial charge in [0, 0.05) is 32.4 Å². The standard InChI is InChI=1S/C12H18N4O4/c17-11(5-9-6-13-2-4-20-9)14-1-3-16-7-10(12(18)19)15-8-16/h7-9,13H,1-6H2,(H,14,17)(H,18,19). The third-order valence-electron chi connectivity index (χ3n) is 2.96. The van der Waals surface area contributed by atoms with E-state index < -0.39 is 5.97 Å². The topological polar surface area (TPSA) is 105 Å². The Morgan fingerprint density at radius 3 is 3.10 bits per heavy atom. The molecule has 0 aromatic carbocycles. The molecule has 1 amide bonds. The molecular weight excluding hydrogens is 264 g/mol. The maximum absolute atomic E-state index is 11.7. The van der Waals surface area contributed by atoms with E-state index in [1.54, 1.807) is 4.57 Å². The zero-order valence-corrected chi connectivity index (χ0v) is 11.0. The Morgan fingerprint density at radius 2 is 2.45 bits per heavy atom. The minimum atomic E-state index is -1.06. The van der Waals surface area contributed by atoms with Crippen molar-refractivity contribution in [2.75, 3.05) is 26.2 Å². The van der Waals surface area contributed by atoms with E-state index >= 15 is 0 Å². The highest BCUT2D eigenvalue weighted by Gasteiger charge is 2.16. The number of rotatable bonds is 6. The summed E-state index contributed by atoms with van der Waals surface area (Å²) in [6, 6.07) is 0. The number of hydrogen-bond donors (Lipinski definition) is 3. The molecule has 0 spiro atoms. The van der Waals surface area contributed by atoms with Crippen LogP contribution in [0.15, 0.2) is 12.5 Å². The van der Waals surface area contributed by atoms with E-state index in [2.05, 4.69) is 15.6 Å². The average molecular weight is 282 g/mol. The SMILES string of the molecule is O=C(CC1CNCCO1)NCCn1cnc(C(=O)O)c1. The molecule has 8 heteroatoms. The lowest BCUT2D eigenvalue weighted by Gasteiger charge is -2.23. The summed E-state index contributed by atoms with van der Waals surface area (Å²) in [5.74, 6) is -1.13. The van der Waals surface area contributed by atoms with Gasteiger partial charge in [0.15, 0.2) is 5.69 Å². The summed E-state index contributed by atoms with van der Waals surface area (Å²) < 4.78 is 7.07. The third-order valence-corrected chi connectivity index (χ3v) is 2.96. The van der Waals surface area contributed by atoms with E-state index in [0.717, 1.165) is 6.54 Å². The summed E-state index contributed by atoms with van der Waals surface area (Å²) in [7, 11) is 0. The van der Waals surface area contributed by atoms with Gasteiger partial charge in [-0.05, 0) is 0 Å². The number of carbonyl (C=O) groups excluding carboxylic acids is 1. The number of hydrogen-bond acceptors (Lipinski definition) is 5. The van der Waals surface area contributed by atoms with Crippen molar-refractivity contribution in [1.82, 2.24) is 20.2 Å². The average Bonchev–Trinajstić information content (AvgIpc) is 2.89. The Kier molecular flexibility index (Phi) is 5.08. The first-order valence-electron chi connectivity index (χ1n) is 6.49. The summed E-state index contributed by atoms with van der Waals surface area (Å²) in [5.41, 5.74) is -0.00185. The summed E-state index contributed by atoms with van der Waals surface area (Å²) in [6.45, 7) is 3.05. The van der Waals surface area contributed by atoms with Gasteiger partial charge in [0.05, 0.1) is 25.5 Å². The first kappa shape index (κ1) is 14.5. The molecule has 0 aliphatic carbocycles. The van der Waals surface area contributed by atoms with Crippen LogP contribution in [0.3, 0.4) is 0 Å². The van der Waals surface area contributed by atoms with Crippen molar-refractivity contribution < 1.29 is 19.4 Å². The van der Waals surface area contributed by atoms with Gasteiger partial charge < -0.3 is 25.0 Å². The minimum absolute atomic E-state index is 0.00185. The first-order valence-corrected chi connectivity index (χ1v) is 6.49. The summed E-state index contributed by atoms with van der Waals surface area (Å²) in [5, 5.41) is 14.7. The maximum Gasteiger partial charge on any atom is 0.356 e. The molecule has 110 valence electrons. The fourth-order valence-electron chi connectivity index (χ4n) is 1.95. The number of nitrogens with one attached hydrogen (secondary N) is 2. The zero-order valence-electron chi connectivity index (χ0n) is 11.0. The minimum Gasteiger partial charge on any atom is -0.476 e. The number of amides is 1. The second-order valence-electron chi connectivity index (χ2n) is 4.55. The van der Waals surface area contributed by atoms with E-state index in [-0.39, 0.29) is 17.7 Å². The second kappa shape index (κ2) is 7.01. The number of imidazole rings is 1. The van der Waals surface area contributed by atoms with Crippen LogP contribution < -0.4 is 10.6 Å². The molecule has 20 heavy (non-hydrogen) atoms. The second-order valence-corrected chi connectivity index (χ2v) is 4.55. The van der Waals surface area contributed by atoms with Gasteiger partial charge in [-0.1, -0.05) is 0 Å². The lowest BCUT2D eigenvalue weighted by atomic mass is 10.2. The molecule has 0 bridgehead atoms. The highest BCUT2D eigenvalue weighted by molar-refractivity contribution is 5.84. The molecule has 1 aromatic heterocycles. The van der Waals surface area contributed by atoms with Gasteiger partial charge in [-0.2, -0.15) is 0 Å². The number of nitrogens with zero attached hydrogens (tertiary/aromatic N) is 2. The Hall–Kier alpha value is -1.93. The molecule has 1 fully saturated rings. The summed E-state index contributed by atoms with van der Waals surface area (Å²) in [4.78, 5) is 26.1. The number of morpholine rings is 1. The predicted octanol–water partition coefficient (Wildman–Crippen LogP) is -0.924. The monoisotopic (exact) mass is 282 g/mol. The number of carboxylic acid groups (broad SMARTS) is 1. The molecule has 1 aromatic rings. The molecule has 1 unspecified atom stereocenters. The van der Waals surface area contributed by atoms with Crippen LogP contribution >= 0.6 is 0 Å². The molecule has 0 saturated carbocycles. The molecule has 0 radical (unpaired) electrons. The lowest BCUT2D eigenvalue weighted by molar-refractivity contribution is -0.124. The molecule has 2 rings (SSSR count). The molecule has 1 aliphatic heterocycles. The van der Waals surface area contributed by atoms with Crippen molar-refractivity contribution >= 4 is 11.9 Å². The van der Waals surface area contributed by atoms with Crippen molar-refractivity contribution in [1.29, 1.82) is 0 Å².